The first kappa shape index (κ1) is 5.14. The van der Waals surface area contributed by atoms with E-state index in [1.54, 1.807) is 0 Å². The molecule has 3 aliphatic rings. The van der Waals surface area contributed by atoms with Crippen molar-refractivity contribution < 1.29 is 4.74 Å². The molecule has 0 saturated carbocycles. The third-order valence-corrected chi connectivity index (χ3v) is 2.90. The maximum absolute atomic E-state index is 5.57. The van der Waals surface area contributed by atoms with Crippen LogP contribution in [0.5, 0.6) is 0 Å². The molecule has 1 heteroatoms. The maximum atomic E-state index is 5.57. The van der Waals surface area contributed by atoms with Gasteiger partial charge in [0, 0.05) is 17.8 Å². The van der Waals surface area contributed by atoms with Crippen molar-refractivity contribution in [1.82, 2.24) is 0 Å². The summed E-state index contributed by atoms with van der Waals surface area (Å²) in [5.74, 6) is 2.21. The highest BCUT2D eigenvalue weighted by Gasteiger charge is 2.44. The summed E-state index contributed by atoms with van der Waals surface area (Å²) >= 11 is 0. The van der Waals surface area contributed by atoms with Gasteiger partial charge in [0.2, 0.25) is 0 Å². The standard InChI is InChI=1S/C9H10O/c1-2-7-5-10-8-4-3-6(1)9(7)8/h1-4,6-9H,5H2/t6-,7+,8+,9+/m1/s1. The second-order valence-corrected chi connectivity index (χ2v) is 3.39. The van der Waals surface area contributed by atoms with Gasteiger partial charge in [-0.1, -0.05) is 24.3 Å². The molecule has 0 unspecified atom stereocenters. The van der Waals surface area contributed by atoms with E-state index in [1.165, 1.54) is 0 Å². The molecule has 0 N–H and O–H groups in total. The molecule has 1 aliphatic heterocycles. The second-order valence-electron chi connectivity index (χ2n) is 3.39. The highest BCUT2D eigenvalue weighted by molar-refractivity contribution is 5.24. The van der Waals surface area contributed by atoms with E-state index in [1.807, 2.05) is 0 Å². The Labute approximate surface area is 60.4 Å². The molecule has 52 valence electrons. The van der Waals surface area contributed by atoms with E-state index < -0.39 is 0 Å². The van der Waals surface area contributed by atoms with Crippen LogP contribution in [0.25, 0.3) is 0 Å². The summed E-state index contributed by atoms with van der Waals surface area (Å²) in [7, 11) is 0. The van der Waals surface area contributed by atoms with Crippen LogP contribution in [0.2, 0.25) is 0 Å². The number of hydrogen-bond donors (Lipinski definition) is 0. The fourth-order valence-corrected chi connectivity index (χ4v) is 2.39. The molecule has 10 heavy (non-hydrogen) atoms. The average Bonchev–Trinajstić information content (AvgIpc) is 2.56. The fourth-order valence-electron chi connectivity index (χ4n) is 2.39. The van der Waals surface area contributed by atoms with Crippen molar-refractivity contribution in [3.05, 3.63) is 24.3 Å². The van der Waals surface area contributed by atoms with Crippen LogP contribution in [0.3, 0.4) is 0 Å². The summed E-state index contributed by atoms with van der Waals surface area (Å²) in [6, 6.07) is 0. The van der Waals surface area contributed by atoms with Crippen LogP contribution in [0.1, 0.15) is 0 Å². The van der Waals surface area contributed by atoms with E-state index in [0.29, 0.717) is 12.0 Å². The second kappa shape index (κ2) is 1.54. The van der Waals surface area contributed by atoms with Crippen LogP contribution in [0.15, 0.2) is 24.3 Å². The van der Waals surface area contributed by atoms with Crippen LogP contribution in [0, 0.1) is 17.8 Å². The molecule has 3 rings (SSSR count). The van der Waals surface area contributed by atoms with Crippen molar-refractivity contribution in [1.29, 1.82) is 0 Å². The Morgan fingerprint density at radius 1 is 1.10 bits per heavy atom. The summed E-state index contributed by atoms with van der Waals surface area (Å²) in [6.07, 6.45) is 9.60. The predicted molar refractivity (Wildman–Crippen MR) is 38.5 cm³/mol. The summed E-state index contributed by atoms with van der Waals surface area (Å²) in [4.78, 5) is 0. The molecule has 0 aromatic heterocycles. The number of hydrogen-bond acceptors (Lipinski definition) is 1. The molecule has 1 heterocycles. The van der Waals surface area contributed by atoms with E-state index >= 15 is 0 Å². The maximum Gasteiger partial charge on any atom is 0.0799 e. The van der Waals surface area contributed by atoms with E-state index in [4.69, 9.17) is 4.74 Å². The Kier molecular flexibility index (Phi) is 0.789. The van der Waals surface area contributed by atoms with E-state index in [0.717, 1.165) is 18.4 Å². The normalized spacial score (nSPS) is 54.4. The summed E-state index contributed by atoms with van der Waals surface area (Å²) in [5, 5.41) is 0. The molecule has 1 fully saturated rings. The van der Waals surface area contributed by atoms with Gasteiger partial charge in [0.05, 0.1) is 12.7 Å². The molecule has 0 aromatic carbocycles. The van der Waals surface area contributed by atoms with Crippen molar-refractivity contribution in [2.45, 2.75) is 6.10 Å². The van der Waals surface area contributed by atoms with Gasteiger partial charge in [-0.2, -0.15) is 0 Å². The third kappa shape index (κ3) is 0.441. The molecule has 1 saturated heterocycles. The predicted octanol–water partition coefficient (Wildman–Crippen LogP) is 1.37. The van der Waals surface area contributed by atoms with Crippen molar-refractivity contribution in [2.75, 3.05) is 6.61 Å². The van der Waals surface area contributed by atoms with Crippen LogP contribution in [-0.4, -0.2) is 12.7 Å². The highest BCUT2D eigenvalue weighted by atomic mass is 16.5. The summed E-state index contributed by atoms with van der Waals surface area (Å²) in [5.41, 5.74) is 0. The lowest BCUT2D eigenvalue weighted by Crippen LogP contribution is -2.14. The van der Waals surface area contributed by atoms with Crippen molar-refractivity contribution in [2.24, 2.45) is 17.8 Å². The largest absolute Gasteiger partial charge is 0.373 e. The average molecular weight is 134 g/mol. The first-order valence-corrected chi connectivity index (χ1v) is 3.93. The van der Waals surface area contributed by atoms with Crippen molar-refractivity contribution >= 4 is 0 Å². The first-order valence-electron chi connectivity index (χ1n) is 3.93. The smallest absolute Gasteiger partial charge is 0.0799 e. The van der Waals surface area contributed by atoms with Crippen LogP contribution in [0.4, 0.5) is 0 Å². The van der Waals surface area contributed by atoms with Gasteiger partial charge in [-0.25, -0.2) is 0 Å². The van der Waals surface area contributed by atoms with Crippen LogP contribution < -0.4 is 0 Å². The zero-order chi connectivity index (χ0) is 6.55. The van der Waals surface area contributed by atoms with Crippen LogP contribution >= 0.6 is 0 Å². The molecule has 0 bridgehead atoms. The van der Waals surface area contributed by atoms with Crippen molar-refractivity contribution in [3.63, 3.8) is 0 Å². The lowest BCUT2D eigenvalue weighted by Gasteiger charge is -2.11. The minimum atomic E-state index is 0.449. The summed E-state index contributed by atoms with van der Waals surface area (Å²) in [6.45, 7) is 0.951. The van der Waals surface area contributed by atoms with Gasteiger partial charge in [-0.3, -0.25) is 0 Å². The SMILES string of the molecule is C1=C[C@@H]2OC[C@@H]3C=C[C@H]1[C@H]23. The van der Waals surface area contributed by atoms with Gasteiger partial charge in [0.1, 0.15) is 0 Å². The van der Waals surface area contributed by atoms with Gasteiger partial charge in [-0.05, 0) is 0 Å². The molecule has 1 nitrogen and oxygen atoms in total. The Hall–Kier alpha value is -0.560. The van der Waals surface area contributed by atoms with E-state index in [9.17, 15) is 0 Å². The van der Waals surface area contributed by atoms with Gasteiger partial charge in [-0.15, -0.1) is 0 Å². The molecular weight excluding hydrogens is 124 g/mol. The van der Waals surface area contributed by atoms with Gasteiger partial charge < -0.3 is 4.74 Å². The van der Waals surface area contributed by atoms with Gasteiger partial charge >= 0.3 is 0 Å². The molecule has 0 spiro atoms. The Bertz CT molecular complexity index is 195. The topological polar surface area (TPSA) is 9.23 Å². The molecule has 4 atom stereocenters. The minimum Gasteiger partial charge on any atom is -0.373 e. The molecular formula is C9H10O. The van der Waals surface area contributed by atoms with E-state index in [2.05, 4.69) is 24.3 Å². The summed E-state index contributed by atoms with van der Waals surface area (Å²) < 4.78 is 5.57. The fraction of sp³-hybridized carbons (Fsp3) is 0.556. The Morgan fingerprint density at radius 2 is 2.00 bits per heavy atom. The van der Waals surface area contributed by atoms with Crippen LogP contribution in [-0.2, 0) is 4.74 Å². The first-order chi connectivity index (χ1) is 4.95. The number of allylic oxidation sites excluding steroid dienone is 2. The minimum absolute atomic E-state index is 0.449. The quantitative estimate of drug-likeness (QED) is 0.455. The zero-order valence-electron chi connectivity index (χ0n) is 5.73. The number of ether oxygens (including phenoxy) is 1. The lowest BCUT2D eigenvalue weighted by atomic mass is 9.91. The van der Waals surface area contributed by atoms with Gasteiger partial charge in [0.25, 0.3) is 0 Å². The van der Waals surface area contributed by atoms with Gasteiger partial charge in [0.15, 0.2) is 0 Å². The van der Waals surface area contributed by atoms with E-state index in [-0.39, 0.29) is 0 Å². The Balaban J connectivity index is 2.07. The molecule has 0 radical (unpaired) electrons. The highest BCUT2D eigenvalue weighted by Crippen LogP contribution is 2.44. The zero-order valence-corrected chi connectivity index (χ0v) is 5.73. The molecule has 0 aromatic rings. The number of rotatable bonds is 0. The third-order valence-electron chi connectivity index (χ3n) is 2.90. The molecule has 0 amide bonds. The lowest BCUT2D eigenvalue weighted by molar-refractivity contribution is 0.128. The monoisotopic (exact) mass is 134 g/mol. The molecule has 2 aliphatic carbocycles. The Morgan fingerprint density at radius 3 is 3.00 bits per heavy atom. The van der Waals surface area contributed by atoms with Crippen molar-refractivity contribution in [3.8, 4) is 0 Å².